The zero-order valence-electron chi connectivity index (χ0n) is 10.9. The van der Waals surface area contributed by atoms with E-state index in [-0.39, 0.29) is 0 Å². The zero-order chi connectivity index (χ0) is 11.4. The van der Waals surface area contributed by atoms with Gasteiger partial charge in [-0.05, 0) is 38.0 Å². The molecule has 1 aliphatic heterocycles. The molecule has 0 radical (unpaired) electrons. The highest BCUT2D eigenvalue weighted by atomic mass is 15.2. The van der Waals surface area contributed by atoms with Crippen molar-refractivity contribution in [2.75, 3.05) is 13.1 Å². The van der Waals surface area contributed by atoms with Crippen LogP contribution in [0.5, 0.6) is 0 Å². The van der Waals surface area contributed by atoms with Crippen molar-refractivity contribution in [1.29, 1.82) is 0 Å². The largest absolute Gasteiger partial charge is 0.327 e. The Morgan fingerprint density at radius 2 is 1.93 bits per heavy atom. The van der Waals surface area contributed by atoms with E-state index >= 15 is 0 Å². The van der Waals surface area contributed by atoms with Gasteiger partial charge in [0.15, 0.2) is 0 Å². The van der Waals surface area contributed by atoms with Crippen molar-refractivity contribution in [2.45, 2.75) is 59.0 Å². The summed E-state index contributed by atoms with van der Waals surface area (Å²) in [5.74, 6) is 1.57. The highest BCUT2D eigenvalue weighted by Crippen LogP contribution is 2.21. The molecule has 1 saturated heterocycles. The smallest absolute Gasteiger partial charge is 0.0170 e. The van der Waals surface area contributed by atoms with Gasteiger partial charge in [0.05, 0.1) is 0 Å². The summed E-state index contributed by atoms with van der Waals surface area (Å²) < 4.78 is 0. The molecule has 1 heterocycles. The molecule has 1 rings (SSSR count). The second-order valence-corrected chi connectivity index (χ2v) is 5.88. The Morgan fingerprint density at radius 3 is 2.53 bits per heavy atom. The van der Waals surface area contributed by atoms with Crippen LogP contribution in [0.3, 0.4) is 0 Å². The van der Waals surface area contributed by atoms with Crippen molar-refractivity contribution >= 4 is 0 Å². The van der Waals surface area contributed by atoms with E-state index in [0.717, 1.165) is 30.8 Å². The summed E-state index contributed by atoms with van der Waals surface area (Å²) in [5, 5.41) is 0. The van der Waals surface area contributed by atoms with Gasteiger partial charge >= 0.3 is 0 Å². The lowest BCUT2D eigenvalue weighted by Gasteiger charge is -2.38. The maximum Gasteiger partial charge on any atom is 0.0170 e. The van der Waals surface area contributed by atoms with Gasteiger partial charge in [0, 0.05) is 25.2 Å². The van der Waals surface area contributed by atoms with Crippen LogP contribution in [0.25, 0.3) is 0 Å². The van der Waals surface area contributed by atoms with Gasteiger partial charge in [0.1, 0.15) is 0 Å². The van der Waals surface area contributed by atoms with Gasteiger partial charge in [0.2, 0.25) is 0 Å². The van der Waals surface area contributed by atoms with Gasteiger partial charge in [-0.3, -0.25) is 4.90 Å². The maximum atomic E-state index is 6.17. The molecule has 3 unspecified atom stereocenters. The normalized spacial score (nSPS) is 30.8. The third-order valence-corrected chi connectivity index (χ3v) is 3.49. The van der Waals surface area contributed by atoms with Crippen molar-refractivity contribution < 1.29 is 0 Å². The Bertz CT molecular complexity index is 179. The van der Waals surface area contributed by atoms with Crippen molar-refractivity contribution in [3.8, 4) is 0 Å². The van der Waals surface area contributed by atoms with E-state index in [0.29, 0.717) is 6.04 Å². The SMILES string of the molecule is CC(C)CC(N)CN1CC(C)CCC1C. The summed E-state index contributed by atoms with van der Waals surface area (Å²) >= 11 is 0. The van der Waals surface area contributed by atoms with E-state index in [4.69, 9.17) is 5.73 Å². The minimum Gasteiger partial charge on any atom is -0.327 e. The molecule has 3 atom stereocenters. The van der Waals surface area contributed by atoms with Gasteiger partial charge in [-0.25, -0.2) is 0 Å². The van der Waals surface area contributed by atoms with Gasteiger partial charge in [0.25, 0.3) is 0 Å². The quantitative estimate of drug-likeness (QED) is 0.776. The molecular weight excluding hydrogens is 184 g/mol. The molecule has 0 aliphatic carbocycles. The average molecular weight is 212 g/mol. The minimum atomic E-state index is 0.359. The van der Waals surface area contributed by atoms with Gasteiger partial charge in [-0.15, -0.1) is 0 Å². The standard InChI is InChI=1S/C13H28N2/c1-10(2)7-13(14)9-15-8-11(3)5-6-12(15)4/h10-13H,5-9,14H2,1-4H3. The van der Waals surface area contributed by atoms with Crippen LogP contribution in [0.15, 0.2) is 0 Å². The number of nitrogens with zero attached hydrogens (tertiary/aromatic N) is 1. The van der Waals surface area contributed by atoms with Crippen LogP contribution in [0, 0.1) is 11.8 Å². The lowest BCUT2D eigenvalue weighted by molar-refractivity contribution is 0.114. The molecule has 1 fully saturated rings. The molecule has 90 valence electrons. The highest BCUT2D eigenvalue weighted by Gasteiger charge is 2.24. The molecule has 0 bridgehead atoms. The first kappa shape index (κ1) is 13.0. The second kappa shape index (κ2) is 5.86. The van der Waals surface area contributed by atoms with Gasteiger partial charge < -0.3 is 5.73 Å². The van der Waals surface area contributed by atoms with Crippen LogP contribution in [0.1, 0.15) is 47.0 Å². The van der Waals surface area contributed by atoms with Crippen LogP contribution >= 0.6 is 0 Å². The molecule has 0 aromatic carbocycles. The van der Waals surface area contributed by atoms with E-state index in [1.165, 1.54) is 19.4 Å². The van der Waals surface area contributed by atoms with Crippen LogP contribution in [-0.2, 0) is 0 Å². The first-order chi connectivity index (χ1) is 6.99. The van der Waals surface area contributed by atoms with E-state index in [1.807, 2.05) is 0 Å². The number of likely N-dealkylation sites (tertiary alicyclic amines) is 1. The van der Waals surface area contributed by atoms with Crippen LogP contribution in [-0.4, -0.2) is 30.1 Å². The van der Waals surface area contributed by atoms with Crippen LogP contribution < -0.4 is 5.73 Å². The minimum absolute atomic E-state index is 0.359. The molecule has 0 aromatic rings. The van der Waals surface area contributed by atoms with Gasteiger partial charge in [-0.1, -0.05) is 20.8 Å². The number of hydrogen-bond acceptors (Lipinski definition) is 2. The molecular formula is C13H28N2. The fraction of sp³-hybridized carbons (Fsp3) is 1.00. The molecule has 0 saturated carbocycles. The number of piperidine rings is 1. The Labute approximate surface area is 95.2 Å². The summed E-state index contributed by atoms with van der Waals surface area (Å²) in [6.07, 6.45) is 3.88. The molecule has 0 spiro atoms. The number of hydrogen-bond donors (Lipinski definition) is 1. The number of nitrogens with two attached hydrogens (primary N) is 1. The van der Waals surface area contributed by atoms with Crippen molar-refractivity contribution in [2.24, 2.45) is 17.6 Å². The molecule has 2 N–H and O–H groups in total. The Hall–Kier alpha value is -0.0800. The van der Waals surface area contributed by atoms with Crippen LogP contribution in [0.4, 0.5) is 0 Å². The third kappa shape index (κ3) is 4.52. The molecule has 0 aromatic heterocycles. The second-order valence-electron chi connectivity index (χ2n) is 5.88. The van der Waals surface area contributed by atoms with E-state index in [1.54, 1.807) is 0 Å². The van der Waals surface area contributed by atoms with E-state index in [9.17, 15) is 0 Å². The molecule has 2 nitrogen and oxygen atoms in total. The Kier molecular flexibility index (Phi) is 5.07. The summed E-state index contributed by atoms with van der Waals surface area (Å²) in [6.45, 7) is 11.5. The zero-order valence-corrected chi connectivity index (χ0v) is 10.9. The summed E-state index contributed by atoms with van der Waals surface area (Å²) in [7, 11) is 0. The Morgan fingerprint density at radius 1 is 1.27 bits per heavy atom. The lowest BCUT2D eigenvalue weighted by Crippen LogP contribution is -2.47. The fourth-order valence-electron chi connectivity index (χ4n) is 2.62. The topological polar surface area (TPSA) is 29.3 Å². The average Bonchev–Trinajstić information content (AvgIpc) is 2.10. The summed E-state index contributed by atoms with van der Waals surface area (Å²) in [6, 6.07) is 1.09. The molecule has 1 aliphatic rings. The highest BCUT2D eigenvalue weighted by molar-refractivity contribution is 4.80. The predicted molar refractivity (Wildman–Crippen MR) is 66.9 cm³/mol. The van der Waals surface area contributed by atoms with E-state index < -0.39 is 0 Å². The van der Waals surface area contributed by atoms with Crippen LogP contribution in [0.2, 0.25) is 0 Å². The van der Waals surface area contributed by atoms with Crippen molar-refractivity contribution in [3.05, 3.63) is 0 Å². The van der Waals surface area contributed by atoms with Crippen molar-refractivity contribution in [3.63, 3.8) is 0 Å². The molecule has 15 heavy (non-hydrogen) atoms. The maximum absolute atomic E-state index is 6.17. The molecule has 0 amide bonds. The predicted octanol–water partition coefficient (Wildman–Crippen LogP) is 2.48. The fourth-order valence-corrected chi connectivity index (χ4v) is 2.62. The first-order valence-electron chi connectivity index (χ1n) is 6.48. The Balaban J connectivity index is 2.34. The van der Waals surface area contributed by atoms with Gasteiger partial charge in [-0.2, -0.15) is 0 Å². The lowest BCUT2D eigenvalue weighted by atomic mass is 9.94. The number of rotatable bonds is 4. The first-order valence-corrected chi connectivity index (χ1v) is 6.48. The summed E-state index contributed by atoms with van der Waals surface area (Å²) in [4.78, 5) is 2.58. The monoisotopic (exact) mass is 212 g/mol. The summed E-state index contributed by atoms with van der Waals surface area (Å²) in [5.41, 5.74) is 6.17. The third-order valence-electron chi connectivity index (χ3n) is 3.49. The molecule has 2 heteroatoms. The van der Waals surface area contributed by atoms with Crippen molar-refractivity contribution in [1.82, 2.24) is 4.90 Å². The van der Waals surface area contributed by atoms with E-state index in [2.05, 4.69) is 32.6 Å².